The molecule has 0 saturated carbocycles. The second kappa shape index (κ2) is 9.88. The average Bonchev–Trinajstić information content (AvgIpc) is 3.21. The number of rotatable bonds is 9. The third kappa shape index (κ3) is 5.15. The van der Waals surface area contributed by atoms with Crippen LogP contribution in [0.3, 0.4) is 0 Å². The fourth-order valence-electron chi connectivity index (χ4n) is 3.06. The molecular formula is C20H24N6O3S. The van der Waals surface area contributed by atoms with Crippen LogP contribution in [0.25, 0.3) is 0 Å². The second-order valence-electron chi connectivity index (χ2n) is 6.73. The molecule has 3 aromatic rings. The van der Waals surface area contributed by atoms with Gasteiger partial charge in [0.2, 0.25) is 5.91 Å². The van der Waals surface area contributed by atoms with Crippen LogP contribution in [0.1, 0.15) is 25.3 Å². The van der Waals surface area contributed by atoms with Gasteiger partial charge >= 0.3 is 5.69 Å². The minimum atomic E-state index is -0.622. The van der Waals surface area contributed by atoms with Gasteiger partial charge in [-0.15, -0.1) is 11.3 Å². The van der Waals surface area contributed by atoms with E-state index in [-0.39, 0.29) is 30.5 Å². The van der Waals surface area contributed by atoms with E-state index < -0.39 is 11.2 Å². The molecular weight excluding hydrogens is 404 g/mol. The van der Waals surface area contributed by atoms with Gasteiger partial charge < -0.3 is 16.0 Å². The first kappa shape index (κ1) is 21.3. The van der Waals surface area contributed by atoms with E-state index in [0.29, 0.717) is 11.7 Å². The number of thiazole rings is 1. The Morgan fingerprint density at radius 1 is 1.30 bits per heavy atom. The molecule has 0 saturated heterocycles. The number of nitrogens with zero attached hydrogens (tertiary/aromatic N) is 3. The minimum absolute atomic E-state index is 0.0511. The maximum absolute atomic E-state index is 12.7. The van der Waals surface area contributed by atoms with Crippen molar-refractivity contribution in [1.29, 1.82) is 0 Å². The number of H-pyrrole nitrogens is 1. The molecule has 4 N–H and O–H groups in total. The molecule has 1 aromatic carbocycles. The summed E-state index contributed by atoms with van der Waals surface area (Å²) in [5, 5.41) is 4.93. The lowest BCUT2D eigenvalue weighted by Crippen LogP contribution is -2.41. The Morgan fingerprint density at radius 3 is 2.73 bits per heavy atom. The predicted octanol–water partition coefficient (Wildman–Crippen LogP) is 2.02. The van der Waals surface area contributed by atoms with Crippen molar-refractivity contribution in [2.45, 2.75) is 32.9 Å². The maximum Gasteiger partial charge on any atom is 0.330 e. The maximum atomic E-state index is 12.7. The van der Waals surface area contributed by atoms with Gasteiger partial charge in [0.25, 0.3) is 5.56 Å². The number of aromatic amines is 1. The first-order chi connectivity index (χ1) is 14.5. The highest BCUT2D eigenvalue weighted by molar-refractivity contribution is 7.13. The molecule has 0 fully saturated rings. The Morgan fingerprint density at radius 2 is 2.07 bits per heavy atom. The highest BCUT2D eigenvalue weighted by atomic mass is 32.1. The van der Waals surface area contributed by atoms with Crippen LogP contribution >= 0.6 is 11.3 Å². The summed E-state index contributed by atoms with van der Waals surface area (Å²) < 4.78 is 1.34. The van der Waals surface area contributed by atoms with Crippen molar-refractivity contribution in [2.24, 2.45) is 0 Å². The zero-order valence-electron chi connectivity index (χ0n) is 16.6. The number of hydrogen-bond acceptors (Lipinski definition) is 7. The highest BCUT2D eigenvalue weighted by Crippen LogP contribution is 2.20. The Hall–Kier alpha value is -3.40. The smallest absolute Gasteiger partial charge is 0.330 e. The number of anilines is 3. The van der Waals surface area contributed by atoms with Crippen molar-refractivity contribution in [3.63, 3.8) is 0 Å². The summed E-state index contributed by atoms with van der Waals surface area (Å²) in [7, 11) is 0. The van der Waals surface area contributed by atoms with E-state index in [2.05, 4.69) is 15.3 Å². The number of aromatic nitrogens is 3. The lowest BCUT2D eigenvalue weighted by molar-refractivity contribution is -0.115. The largest absolute Gasteiger partial charge is 0.383 e. The summed E-state index contributed by atoms with van der Waals surface area (Å²) in [5.41, 5.74) is 6.07. The number of amides is 1. The lowest BCUT2D eigenvalue weighted by atomic mass is 10.2. The molecule has 3 rings (SSSR count). The molecule has 0 radical (unpaired) electrons. The zero-order chi connectivity index (χ0) is 21.5. The minimum Gasteiger partial charge on any atom is -0.383 e. The molecule has 1 amide bonds. The lowest BCUT2D eigenvalue weighted by Gasteiger charge is -2.25. The van der Waals surface area contributed by atoms with Gasteiger partial charge in [-0.1, -0.05) is 43.7 Å². The first-order valence-electron chi connectivity index (χ1n) is 9.60. The average molecular weight is 429 g/mol. The predicted molar refractivity (Wildman–Crippen MR) is 119 cm³/mol. The molecule has 0 bridgehead atoms. The molecule has 0 aliphatic heterocycles. The third-order valence-electron chi connectivity index (χ3n) is 4.50. The molecule has 158 valence electrons. The van der Waals surface area contributed by atoms with Crippen LogP contribution in [-0.2, 0) is 17.9 Å². The molecule has 10 heteroatoms. The van der Waals surface area contributed by atoms with E-state index in [9.17, 15) is 14.4 Å². The third-order valence-corrected chi connectivity index (χ3v) is 5.18. The molecule has 30 heavy (non-hydrogen) atoms. The highest BCUT2D eigenvalue weighted by Gasteiger charge is 2.21. The standard InChI is InChI=1S/C20H24N6O3S/c1-2-3-10-26-17(21)16(18(28)24-20(26)29)25(12-14-7-5-4-6-8-14)13-15(27)23-19-22-9-11-30-19/h4-9,11H,2-3,10,12-13,21H2,1H3,(H,22,23,27)(H,24,28,29). The van der Waals surface area contributed by atoms with Crippen LogP contribution in [0.15, 0.2) is 51.5 Å². The summed E-state index contributed by atoms with van der Waals surface area (Å²) in [6.45, 7) is 2.52. The van der Waals surface area contributed by atoms with E-state index in [4.69, 9.17) is 5.73 Å². The number of unbranched alkanes of at least 4 members (excludes halogenated alkanes) is 1. The molecule has 0 unspecified atom stereocenters. The van der Waals surface area contributed by atoms with Gasteiger partial charge in [0.1, 0.15) is 11.5 Å². The van der Waals surface area contributed by atoms with Crippen molar-refractivity contribution in [3.05, 3.63) is 68.3 Å². The van der Waals surface area contributed by atoms with Gasteiger partial charge in [0.05, 0.1) is 6.54 Å². The summed E-state index contributed by atoms with van der Waals surface area (Å²) in [5.74, 6) is -0.291. The molecule has 2 aromatic heterocycles. The zero-order valence-corrected chi connectivity index (χ0v) is 17.4. The summed E-state index contributed by atoms with van der Waals surface area (Å²) in [6.07, 6.45) is 3.19. The number of carbonyl (C=O) groups is 1. The normalized spacial score (nSPS) is 10.7. The van der Waals surface area contributed by atoms with Crippen molar-refractivity contribution in [1.82, 2.24) is 14.5 Å². The quantitative estimate of drug-likeness (QED) is 0.479. The van der Waals surface area contributed by atoms with Gasteiger partial charge in [-0.3, -0.25) is 19.1 Å². The summed E-state index contributed by atoms with van der Waals surface area (Å²) >= 11 is 1.30. The summed E-state index contributed by atoms with van der Waals surface area (Å²) in [6, 6.07) is 9.42. The Balaban J connectivity index is 1.97. The van der Waals surface area contributed by atoms with Crippen LogP contribution in [0.5, 0.6) is 0 Å². The molecule has 0 spiro atoms. The number of nitrogen functional groups attached to an aromatic ring is 1. The van der Waals surface area contributed by atoms with Crippen molar-refractivity contribution in [3.8, 4) is 0 Å². The first-order valence-corrected chi connectivity index (χ1v) is 10.5. The fourth-order valence-corrected chi connectivity index (χ4v) is 3.60. The van der Waals surface area contributed by atoms with Crippen LogP contribution < -0.4 is 27.2 Å². The number of hydrogen-bond donors (Lipinski definition) is 3. The van der Waals surface area contributed by atoms with Gasteiger partial charge in [0.15, 0.2) is 5.13 Å². The van der Waals surface area contributed by atoms with Crippen LogP contribution in [0.2, 0.25) is 0 Å². The van der Waals surface area contributed by atoms with E-state index in [1.54, 1.807) is 16.5 Å². The molecule has 9 nitrogen and oxygen atoms in total. The molecule has 0 aliphatic carbocycles. The number of benzene rings is 1. The van der Waals surface area contributed by atoms with Crippen LogP contribution in [0.4, 0.5) is 16.6 Å². The SMILES string of the molecule is CCCCn1c(N)c(N(CC(=O)Nc2nccs2)Cc2ccccc2)c(=O)[nH]c1=O. The van der Waals surface area contributed by atoms with Gasteiger partial charge in [0, 0.05) is 24.7 Å². The Bertz CT molecular complexity index is 1090. The number of carbonyl (C=O) groups excluding carboxylic acids is 1. The second-order valence-corrected chi connectivity index (χ2v) is 7.62. The van der Waals surface area contributed by atoms with E-state index in [1.807, 2.05) is 37.3 Å². The summed E-state index contributed by atoms with van der Waals surface area (Å²) in [4.78, 5) is 45.5. The topological polar surface area (TPSA) is 126 Å². The Labute approximate surface area is 177 Å². The van der Waals surface area contributed by atoms with Crippen molar-refractivity contribution < 1.29 is 4.79 Å². The van der Waals surface area contributed by atoms with Crippen molar-refractivity contribution in [2.75, 3.05) is 22.5 Å². The fraction of sp³-hybridized carbons (Fsp3) is 0.300. The van der Waals surface area contributed by atoms with E-state index in [0.717, 1.165) is 18.4 Å². The number of nitrogens with two attached hydrogens (primary N) is 1. The van der Waals surface area contributed by atoms with Crippen molar-refractivity contribution >= 4 is 33.9 Å². The Kier molecular flexibility index (Phi) is 7.02. The monoisotopic (exact) mass is 428 g/mol. The van der Waals surface area contributed by atoms with Crippen LogP contribution in [-0.4, -0.2) is 27.0 Å². The molecule has 0 atom stereocenters. The molecule has 2 heterocycles. The van der Waals surface area contributed by atoms with E-state index >= 15 is 0 Å². The van der Waals surface area contributed by atoms with Gasteiger partial charge in [-0.05, 0) is 12.0 Å². The van der Waals surface area contributed by atoms with Crippen LogP contribution in [0, 0.1) is 0 Å². The van der Waals surface area contributed by atoms with Gasteiger partial charge in [-0.25, -0.2) is 9.78 Å². The van der Waals surface area contributed by atoms with E-state index in [1.165, 1.54) is 15.9 Å². The number of nitrogens with one attached hydrogen (secondary N) is 2. The molecule has 0 aliphatic rings. The van der Waals surface area contributed by atoms with Gasteiger partial charge in [-0.2, -0.15) is 0 Å².